The van der Waals surface area contributed by atoms with Crippen LogP contribution < -0.4 is 20.3 Å². The number of amides is 1. The van der Waals surface area contributed by atoms with Gasteiger partial charge in [0.25, 0.3) is 5.91 Å². The molecule has 1 aromatic heterocycles. The molecule has 174 valence electrons. The lowest BCUT2D eigenvalue weighted by Crippen LogP contribution is -2.42. The standard InChI is InChI=1S/C20H22F5N5O2/c1-30(2)12-7-8-26-20(29-12)28-11-5-3-10(4-6-11)27-13(31)9-32-19-17(24)15(22)14(21)16(23)18(19)25/h7-8,10-11H,3-6,9H2,1-2H3,(H,27,31)(H,26,28,29). The topological polar surface area (TPSA) is 79.4 Å². The van der Waals surface area contributed by atoms with E-state index in [1.54, 1.807) is 12.3 Å². The first-order valence-electron chi connectivity index (χ1n) is 9.87. The number of nitrogens with one attached hydrogen (secondary N) is 2. The summed E-state index contributed by atoms with van der Waals surface area (Å²) in [6.45, 7) is -0.887. The van der Waals surface area contributed by atoms with Crippen molar-refractivity contribution in [3.8, 4) is 5.75 Å². The maximum absolute atomic E-state index is 13.6. The average molecular weight is 459 g/mol. The number of carbonyl (C=O) groups is 1. The van der Waals surface area contributed by atoms with Gasteiger partial charge in [-0.15, -0.1) is 0 Å². The van der Waals surface area contributed by atoms with Gasteiger partial charge in [0, 0.05) is 32.4 Å². The van der Waals surface area contributed by atoms with Crippen LogP contribution in [0.5, 0.6) is 5.75 Å². The minimum absolute atomic E-state index is 0.102. The van der Waals surface area contributed by atoms with E-state index < -0.39 is 47.3 Å². The molecule has 0 spiro atoms. The number of benzene rings is 1. The van der Waals surface area contributed by atoms with Gasteiger partial charge < -0.3 is 20.3 Å². The van der Waals surface area contributed by atoms with Gasteiger partial charge in [0.2, 0.25) is 35.0 Å². The molecule has 7 nitrogen and oxygen atoms in total. The van der Waals surface area contributed by atoms with Crippen LogP contribution in [-0.4, -0.2) is 48.7 Å². The summed E-state index contributed by atoms with van der Waals surface area (Å²) >= 11 is 0. The van der Waals surface area contributed by atoms with E-state index in [2.05, 4.69) is 25.3 Å². The molecule has 3 rings (SSSR count). The summed E-state index contributed by atoms with van der Waals surface area (Å²) in [6, 6.07) is 1.67. The van der Waals surface area contributed by atoms with Gasteiger partial charge >= 0.3 is 0 Å². The first-order chi connectivity index (χ1) is 15.2. The van der Waals surface area contributed by atoms with Gasteiger partial charge in [0.1, 0.15) is 5.82 Å². The molecule has 2 N–H and O–H groups in total. The molecule has 1 fully saturated rings. The van der Waals surface area contributed by atoms with E-state index in [0.717, 1.165) is 5.82 Å². The largest absolute Gasteiger partial charge is 0.477 e. The van der Waals surface area contributed by atoms with Gasteiger partial charge in [-0.05, 0) is 31.7 Å². The zero-order valence-electron chi connectivity index (χ0n) is 17.4. The van der Waals surface area contributed by atoms with E-state index in [1.165, 1.54) is 0 Å². The second-order valence-corrected chi connectivity index (χ2v) is 7.58. The first kappa shape index (κ1) is 23.5. The van der Waals surface area contributed by atoms with Gasteiger partial charge in [0.05, 0.1) is 0 Å². The van der Waals surface area contributed by atoms with E-state index in [4.69, 9.17) is 0 Å². The Morgan fingerprint density at radius 2 is 1.56 bits per heavy atom. The van der Waals surface area contributed by atoms with Crippen molar-refractivity contribution in [3.05, 3.63) is 41.3 Å². The number of halogens is 5. The molecule has 2 aromatic rings. The highest BCUT2D eigenvalue weighted by atomic mass is 19.2. The minimum atomic E-state index is -2.29. The molecule has 0 unspecified atom stereocenters. The molecule has 1 saturated carbocycles. The molecule has 1 aliphatic carbocycles. The summed E-state index contributed by atoms with van der Waals surface area (Å²) in [5.41, 5.74) is 0. The zero-order valence-corrected chi connectivity index (χ0v) is 17.4. The molecule has 0 bridgehead atoms. The van der Waals surface area contributed by atoms with Crippen molar-refractivity contribution in [2.24, 2.45) is 0 Å². The fourth-order valence-electron chi connectivity index (χ4n) is 3.35. The van der Waals surface area contributed by atoms with Crippen molar-refractivity contribution in [3.63, 3.8) is 0 Å². The monoisotopic (exact) mass is 459 g/mol. The Morgan fingerprint density at radius 3 is 2.16 bits per heavy atom. The van der Waals surface area contributed by atoms with Crippen LogP contribution in [0.15, 0.2) is 12.3 Å². The van der Waals surface area contributed by atoms with Crippen molar-refractivity contribution >= 4 is 17.7 Å². The van der Waals surface area contributed by atoms with Gasteiger partial charge in [-0.2, -0.15) is 13.8 Å². The number of hydrogen-bond acceptors (Lipinski definition) is 6. The smallest absolute Gasteiger partial charge is 0.258 e. The third-order valence-electron chi connectivity index (χ3n) is 5.04. The molecular weight excluding hydrogens is 437 g/mol. The Labute approximate surface area is 181 Å². The van der Waals surface area contributed by atoms with Gasteiger partial charge in [-0.3, -0.25) is 4.79 Å². The Kier molecular flexibility index (Phi) is 7.31. The minimum Gasteiger partial charge on any atom is -0.477 e. The predicted molar refractivity (Wildman–Crippen MR) is 106 cm³/mol. The number of rotatable bonds is 7. The number of hydrogen-bond donors (Lipinski definition) is 2. The average Bonchev–Trinajstić information content (AvgIpc) is 2.78. The van der Waals surface area contributed by atoms with E-state index in [9.17, 15) is 26.7 Å². The number of anilines is 2. The van der Waals surface area contributed by atoms with E-state index in [0.29, 0.717) is 31.6 Å². The van der Waals surface area contributed by atoms with Gasteiger partial charge in [-0.25, -0.2) is 18.2 Å². The molecule has 32 heavy (non-hydrogen) atoms. The van der Waals surface area contributed by atoms with Crippen LogP contribution in [0, 0.1) is 29.1 Å². The van der Waals surface area contributed by atoms with Crippen LogP contribution in [0.25, 0.3) is 0 Å². The zero-order chi connectivity index (χ0) is 23.4. The molecule has 1 aromatic carbocycles. The molecule has 0 aliphatic heterocycles. The fourth-order valence-corrected chi connectivity index (χ4v) is 3.35. The normalized spacial score (nSPS) is 18.2. The summed E-state index contributed by atoms with van der Waals surface area (Å²) in [6.07, 6.45) is 4.29. The number of aromatic nitrogens is 2. The van der Waals surface area contributed by atoms with Crippen LogP contribution in [0.4, 0.5) is 33.7 Å². The Morgan fingerprint density at radius 1 is 1.00 bits per heavy atom. The first-order valence-corrected chi connectivity index (χ1v) is 9.87. The van der Waals surface area contributed by atoms with Crippen molar-refractivity contribution in [1.82, 2.24) is 15.3 Å². The van der Waals surface area contributed by atoms with Gasteiger partial charge in [-0.1, -0.05) is 0 Å². The lowest BCUT2D eigenvalue weighted by atomic mass is 9.91. The number of carbonyl (C=O) groups excluding carboxylic acids is 1. The highest BCUT2D eigenvalue weighted by Gasteiger charge is 2.28. The van der Waals surface area contributed by atoms with E-state index in [1.807, 2.05) is 19.0 Å². The second-order valence-electron chi connectivity index (χ2n) is 7.58. The van der Waals surface area contributed by atoms with Crippen molar-refractivity contribution in [1.29, 1.82) is 0 Å². The summed E-state index contributed by atoms with van der Waals surface area (Å²) in [5.74, 6) is -11.8. The van der Waals surface area contributed by atoms with Crippen molar-refractivity contribution in [2.45, 2.75) is 37.8 Å². The second kappa shape index (κ2) is 9.96. The predicted octanol–water partition coefficient (Wildman–Crippen LogP) is 3.16. The lowest BCUT2D eigenvalue weighted by molar-refractivity contribution is -0.124. The van der Waals surface area contributed by atoms with Crippen molar-refractivity contribution < 1.29 is 31.5 Å². The molecule has 1 aliphatic rings. The number of ether oxygens (including phenoxy) is 1. The summed E-state index contributed by atoms with van der Waals surface area (Å²) in [7, 11) is 3.74. The summed E-state index contributed by atoms with van der Waals surface area (Å²) in [5, 5.41) is 5.89. The molecule has 0 radical (unpaired) electrons. The van der Waals surface area contributed by atoms with Crippen LogP contribution in [-0.2, 0) is 4.79 Å². The fraction of sp³-hybridized carbons (Fsp3) is 0.450. The van der Waals surface area contributed by atoms with E-state index in [-0.39, 0.29) is 12.1 Å². The third-order valence-corrected chi connectivity index (χ3v) is 5.04. The van der Waals surface area contributed by atoms with Gasteiger partial charge in [0.15, 0.2) is 12.4 Å². The van der Waals surface area contributed by atoms with Crippen LogP contribution in [0.1, 0.15) is 25.7 Å². The lowest BCUT2D eigenvalue weighted by Gasteiger charge is -2.29. The van der Waals surface area contributed by atoms with Crippen molar-refractivity contribution in [2.75, 3.05) is 30.9 Å². The number of nitrogens with zero attached hydrogens (tertiary/aromatic N) is 3. The molecular formula is C20H22F5N5O2. The third kappa shape index (κ3) is 5.35. The highest BCUT2D eigenvalue weighted by molar-refractivity contribution is 5.77. The Bertz CT molecular complexity index is 954. The van der Waals surface area contributed by atoms with Crippen LogP contribution in [0.3, 0.4) is 0 Å². The molecule has 1 amide bonds. The SMILES string of the molecule is CN(C)c1ccnc(NC2CCC(NC(=O)COc3c(F)c(F)c(F)c(F)c3F)CC2)n1. The van der Waals surface area contributed by atoms with E-state index >= 15 is 0 Å². The molecule has 0 atom stereocenters. The van der Waals surface area contributed by atoms with Crippen LogP contribution in [0.2, 0.25) is 0 Å². The Hall–Kier alpha value is -3.18. The molecule has 12 heteroatoms. The maximum Gasteiger partial charge on any atom is 0.258 e. The summed E-state index contributed by atoms with van der Waals surface area (Å²) < 4.78 is 71.2. The van der Waals surface area contributed by atoms with Crippen LogP contribution >= 0.6 is 0 Å². The maximum atomic E-state index is 13.6. The molecule has 1 heterocycles. The quantitative estimate of drug-likeness (QED) is 0.376. The highest BCUT2D eigenvalue weighted by Crippen LogP contribution is 2.29. The molecule has 0 saturated heterocycles. The summed E-state index contributed by atoms with van der Waals surface area (Å²) in [4.78, 5) is 22.5. The Balaban J connectivity index is 1.48.